The summed E-state index contributed by atoms with van der Waals surface area (Å²) in [5.74, 6) is 0.136. The summed E-state index contributed by atoms with van der Waals surface area (Å²) in [4.78, 5) is 28.8. The lowest BCUT2D eigenvalue weighted by atomic mass is 9.69. The maximum Gasteiger partial charge on any atom is 0.224 e. The molecule has 0 radical (unpaired) electrons. The fourth-order valence-corrected chi connectivity index (χ4v) is 5.03. The van der Waals surface area contributed by atoms with E-state index in [2.05, 4.69) is 17.0 Å². The predicted octanol–water partition coefficient (Wildman–Crippen LogP) is 1.40. The van der Waals surface area contributed by atoms with Crippen molar-refractivity contribution in [2.45, 2.75) is 59.0 Å². The second-order valence-electron chi connectivity index (χ2n) is 8.29. The third-order valence-corrected chi connectivity index (χ3v) is 6.64. The number of ketones is 1. The minimum atomic E-state index is -0.0597. The monoisotopic (exact) mass is 376 g/mol. The van der Waals surface area contributed by atoms with E-state index in [1.54, 1.807) is 11.6 Å². The standard InChI is InChI=1S/C20H32N4O3/c1-14-19(16(3)26)15(2)24(21-14)10-6-18(27)23-11-8-20(13-25)7-5-9-22(4)17(20)12-23/h17,25H,5-13H2,1-4H3/t17-,20-/m1/s1. The van der Waals surface area contributed by atoms with Gasteiger partial charge in [0.1, 0.15) is 0 Å². The van der Waals surface area contributed by atoms with Gasteiger partial charge in [-0.3, -0.25) is 14.3 Å². The Morgan fingerprint density at radius 2 is 2.00 bits per heavy atom. The number of hydrogen-bond acceptors (Lipinski definition) is 5. The molecule has 150 valence electrons. The molecule has 0 unspecified atom stereocenters. The maximum absolute atomic E-state index is 12.8. The fraction of sp³-hybridized carbons (Fsp3) is 0.750. The number of Topliss-reactive ketones (excluding diaryl/α,β-unsaturated/α-hetero) is 1. The summed E-state index contributed by atoms with van der Waals surface area (Å²) in [6, 6.07) is 0.229. The number of aromatic nitrogens is 2. The first kappa shape index (κ1) is 20.0. The SMILES string of the molecule is CC(=O)c1c(C)nn(CCC(=O)N2CC[C@@]3(CO)CCCN(C)[C@@H]3C2)c1C. The molecule has 3 heterocycles. The van der Waals surface area contributed by atoms with Gasteiger partial charge in [0.2, 0.25) is 5.91 Å². The molecule has 0 spiro atoms. The molecule has 0 saturated carbocycles. The number of aryl methyl sites for hydroxylation is 2. The average Bonchev–Trinajstić information content (AvgIpc) is 2.93. The Balaban J connectivity index is 1.64. The van der Waals surface area contributed by atoms with Crippen molar-refractivity contribution in [3.8, 4) is 0 Å². The molecule has 1 aromatic heterocycles. The summed E-state index contributed by atoms with van der Waals surface area (Å²) in [6.45, 7) is 8.37. The Morgan fingerprint density at radius 3 is 2.63 bits per heavy atom. The highest BCUT2D eigenvalue weighted by molar-refractivity contribution is 5.96. The first-order chi connectivity index (χ1) is 12.8. The molecule has 1 N–H and O–H groups in total. The van der Waals surface area contributed by atoms with Gasteiger partial charge in [-0.1, -0.05) is 0 Å². The molecule has 7 nitrogen and oxygen atoms in total. The van der Waals surface area contributed by atoms with Gasteiger partial charge in [-0.25, -0.2) is 0 Å². The Bertz CT molecular complexity index is 729. The topological polar surface area (TPSA) is 78.7 Å². The minimum Gasteiger partial charge on any atom is -0.396 e. The van der Waals surface area contributed by atoms with E-state index in [9.17, 15) is 14.7 Å². The van der Waals surface area contributed by atoms with Crippen LogP contribution in [-0.4, -0.2) is 75.7 Å². The Kier molecular flexibility index (Phi) is 5.72. The molecule has 7 heteroatoms. The van der Waals surface area contributed by atoms with E-state index >= 15 is 0 Å². The quantitative estimate of drug-likeness (QED) is 0.786. The molecule has 0 aromatic carbocycles. The van der Waals surface area contributed by atoms with Crippen LogP contribution < -0.4 is 0 Å². The smallest absolute Gasteiger partial charge is 0.224 e. The zero-order valence-corrected chi connectivity index (χ0v) is 17.0. The van der Waals surface area contributed by atoms with Crippen LogP contribution in [0.5, 0.6) is 0 Å². The Labute approximate surface area is 161 Å². The van der Waals surface area contributed by atoms with Crippen LogP contribution in [0.3, 0.4) is 0 Å². The van der Waals surface area contributed by atoms with Crippen LogP contribution in [0.25, 0.3) is 0 Å². The molecule has 1 aromatic rings. The van der Waals surface area contributed by atoms with Gasteiger partial charge in [0.15, 0.2) is 5.78 Å². The molecule has 0 aliphatic carbocycles. The Hall–Kier alpha value is -1.73. The van der Waals surface area contributed by atoms with E-state index in [1.165, 1.54) is 0 Å². The third-order valence-electron chi connectivity index (χ3n) is 6.64. The van der Waals surface area contributed by atoms with E-state index in [0.717, 1.165) is 37.2 Å². The van der Waals surface area contributed by atoms with Crippen molar-refractivity contribution >= 4 is 11.7 Å². The number of amides is 1. The van der Waals surface area contributed by atoms with Crippen LogP contribution in [-0.2, 0) is 11.3 Å². The molecule has 2 aliphatic heterocycles. The van der Waals surface area contributed by atoms with Crippen LogP contribution in [0, 0.1) is 19.3 Å². The number of hydrogen-bond donors (Lipinski definition) is 1. The molecule has 2 fully saturated rings. The number of aliphatic hydroxyl groups excluding tert-OH is 1. The second kappa shape index (κ2) is 7.72. The highest BCUT2D eigenvalue weighted by Gasteiger charge is 2.47. The van der Waals surface area contributed by atoms with E-state index in [4.69, 9.17) is 0 Å². The lowest BCUT2D eigenvalue weighted by Crippen LogP contribution is -2.62. The normalized spacial score (nSPS) is 26.1. The number of rotatable bonds is 5. The van der Waals surface area contributed by atoms with Gasteiger partial charge in [-0.2, -0.15) is 5.10 Å². The van der Waals surface area contributed by atoms with Crippen molar-refractivity contribution in [3.05, 3.63) is 17.0 Å². The molecular weight excluding hydrogens is 344 g/mol. The van der Waals surface area contributed by atoms with Crippen LogP contribution in [0.4, 0.5) is 0 Å². The van der Waals surface area contributed by atoms with Gasteiger partial charge in [-0.05, 0) is 53.6 Å². The number of likely N-dealkylation sites (tertiary alicyclic amines) is 2. The van der Waals surface area contributed by atoms with Crippen LogP contribution in [0.1, 0.15) is 54.4 Å². The molecular formula is C20H32N4O3. The number of carbonyl (C=O) groups excluding carboxylic acids is 2. The second-order valence-corrected chi connectivity index (χ2v) is 8.29. The maximum atomic E-state index is 12.8. The van der Waals surface area contributed by atoms with Gasteiger partial charge in [0.25, 0.3) is 0 Å². The largest absolute Gasteiger partial charge is 0.396 e. The van der Waals surface area contributed by atoms with Gasteiger partial charge in [0.05, 0.1) is 17.9 Å². The highest BCUT2D eigenvalue weighted by atomic mass is 16.3. The summed E-state index contributed by atoms with van der Waals surface area (Å²) < 4.78 is 1.78. The predicted molar refractivity (Wildman–Crippen MR) is 103 cm³/mol. The van der Waals surface area contributed by atoms with Gasteiger partial charge in [-0.15, -0.1) is 0 Å². The molecule has 3 rings (SSSR count). The van der Waals surface area contributed by atoms with Crippen molar-refractivity contribution in [2.24, 2.45) is 5.41 Å². The van der Waals surface area contributed by atoms with Gasteiger partial charge >= 0.3 is 0 Å². The molecule has 2 saturated heterocycles. The zero-order chi connectivity index (χ0) is 19.8. The first-order valence-corrected chi connectivity index (χ1v) is 9.93. The summed E-state index contributed by atoms with van der Waals surface area (Å²) in [5, 5.41) is 14.4. The van der Waals surface area contributed by atoms with Crippen molar-refractivity contribution < 1.29 is 14.7 Å². The van der Waals surface area contributed by atoms with Crippen molar-refractivity contribution in [3.63, 3.8) is 0 Å². The first-order valence-electron chi connectivity index (χ1n) is 9.93. The number of nitrogens with zero attached hydrogens (tertiary/aromatic N) is 4. The number of aliphatic hydroxyl groups is 1. The third kappa shape index (κ3) is 3.67. The van der Waals surface area contributed by atoms with Crippen molar-refractivity contribution in [1.82, 2.24) is 19.6 Å². The molecule has 0 bridgehead atoms. The lowest BCUT2D eigenvalue weighted by molar-refractivity contribution is -0.140. The number of likely N-dealkylation sites (N-methyl/N-ethyl adjacent to an activating group) is 1. The average molecular weight is 377 g/mol. The van der Waals surface area contributed by atoms with E-state index in [0.29, 0.717) is 31.6 Å². The van der Waals surface area contributed by atoms with E-state index in [1.807, 2.05) is 18.7 Å². The van der Waals surface area contributed by atoms with Crippen LogP contribution in [0.15, 0.2) is 0 Å². The highest BCUT2D eigenvalue weighted by Crippen LogP contribution is 2.41. The van der Waals surface area contributed by atoms with Crippen molar-refractivity contribution in [1.29, 1.82) is 0 Å². The van der Waals surface area contributed by atoms with Crippen LogP contribution in [0.2, 0.25) is 0 Å². The number of piperidine rings is 2. The Morgan fingerprint density at radius 1 is 1.26 bits per heavy atom. The summed E-state index contributed by atoms with van der Waals surface area (Å²) in [6.07, 6.45) is 3.39. The molecule has 27 heavy (non-hydrogen) atoms. The molecule has 1 amide bonds. The molecule has 2 atom stereocenters. The van der Waals surface area contributed by atoms with Gasteiger partial charge in [0, 0.05) is 43.2 Å². The summed E-state index contributed by atoms with van der Waals surface area (Å²) in [7, 11) is 2.10. The van der Waals surface area contributed by atoms with Gasteiger partial charge < -0.3 is 14.9 Å². The van der Waals surface area contributed by atoms with E-state index < -0.39 is 0 Å². The number of carbonyl (C=O) groups is 2. The number of fused-ring (bicyclic) bond motifs is 1. The minimum absolute atomic E-state index is 0.0132. The molecule has 2 aliphatic rings. The van der Waals surface area contributed by atoms with Crippen molar-refractivity contribution in [2.75, 3.05) is 33.3 Å². The van der Waals surface area contributed by atoms with E-state index in [-0.39, 0.29) is 29.8 Å². The fourth-order valence-electron chi connectivity index (χ4n) is 5.03. The lowest BCUT2D eigenvalue weighted by Gasteiger charge is -2.53. The van der Waals surface area contributed by atoms with Crippen LogP contribution >= 0.6 is 0 Å². The summed E-state index contributed by atoms with van der Waals surface area (Å²) in [5.41, 5.74) is 2.16. The zero-order valence-electron chi connectivity index (χ0n) is 17.0. The summed E-state index contributed by atoms with van der Waals surface area (Å²) >= 11 is 0.